The largest absolute Gasteiger partial charge is 0.393 e. The van der Waals surface area contributed by atoms with E-state index in [1.807, 2.05) is 6.92 Å². The third-order valence-electron chi connectivity index (χ3n) is 1.09. The van der Waals surface area contributed by atoms with Gasteiger partial charge in [-0.05, 0) is 12.8 Å². The number of aliphatic hydroxyl groups is 1. The average molecular weight is 134 g/mol. The topological polar surface area (TPSA) is 20.2 Å². The summed E-state index contributed by atoms with van der Waals surface area (Å²) in [4.78, 5) is 0. The minimum Gasteiger partial charge on any atom is -0.393 e. The number of hydrogen-bond acceptors (Lipinski definition) is 1. The molecule has 0 spiro atoms. The van der Waals surface area contributed by atoms with Crippen LogP contribution in [0.25, 0.3) is 0 Å². The van der Waals surface area contributed by atoms with Gasteiger partial charge in [0.1, 0.15) is 0 Å². The Kier molecular flexibility index (Phi) is 19.3. The molecular weight excluding hydrogens is 112 g/mol. The van der Waals surface area contributed by atoms with Gasteiger partial charge in [0, 0.05) is 0 Å². The number of rotatable bonds is 3. The van der Waals surface area contributed by atoms with Crippen LogP contribution in [0.4, 0.5) is 0 Å². The van der Waals surface area contributed by atoms with Gasteiger partial charge in [0.2, 0.25) is 0 Å². The van der Waals surface area contributed by atoms with E-state index in [2.05, 4.69) is 6.92 Å². The molecule has 0 heterocycles. The smallest absolute Gasteiger partial charge is 0.0537 e. The highest BCUT2D eigenvalue weighted by Crippen LogP contribution is 1.98. The molecule has 0 amide bonds. The molecule has 1 heteroatoms. The molecule has 0 rings (SSSR count). The highest BCUT2D eigenvalue weighted by Gasteiger charge is 1.94. The predicted molar refractivity (Wildman–Crippen MR) is 44.7 cm³/mol. The maximum absolute atomic E-state index is 8.86. The monoisotopic (exact) mass is 134 g/mol. The summed E-state index contributed by atoms with van der Waals surface area (Å²) < 4.78 is 0. The van der Waals surface area contributed by atoms with Crippen LogP contribution in [0.1, 0.15) is 48.0 Å². The Morgan fingerprint density at radius 2 is 1.67 bits per heavy atom. The van der Waals surface area contributed by atoms with Gasteiger partial charge in [-0.2, -0.15) is 0 Å². The molecule has 0 aliphatic rings. The molecule has 0 aromatic carbocycles. The Bertz CT molecular complexity index is 35.5. The van der Waals surface area contributed by atoms with Crippen molar-refractivity contribution in [3.8, 4) is 0 Å². The van der Waals surface area contributed by atoms with Crippen LogP contribution in [0.2, 0.25) is 0 Å². The van der Waals surface area contributed by atoms with Gasteiger partial charge in [-0.25, -0.2) is 0 Å². The minimum absolute atomic E-state index is 0. The van der Waals surface area contributed by atoms with E-state index in [4.69, 9.17) is 5.11 Å². The van der Waals surface area contributed by atoms with Crippen LogP contribution in [0, 0.1) is 0 Å². The van der Waals surface area contributed by atoms with E-state index >= 15 is 0 Å². The van der Waals surface area contributed by atoms with E-state index in [1.54, 1.807) is 0 Å². The molecule has 1 nitrogen and oxygen atoms in total. The van der Waals surface area contributed by atoms with E-state index in [0.29, 0.717) is 0 Å². The van der Waals surface area contributed by atoms with Crippen molar-refractivity contribution in [3.05, 3.63) is 0 Å². The second-order valence-electron chi connectivity index (χ2n) is 1.85. The van der Waals surface area contributed by atoms with Gasteiger partial charge >= 0.3 is 0 Å². The second-order valence-corrected chi connectivity index (χ2v) is 1.85. The van der Waals surface area contributed by atoms with E-state index in [0.717, 1.165) is 19.3 Å². The molecule has 0 saturated carbocycles. The van der Waals surface area contributed by atoms with Crippen molar-refractivity contribution in [2.75, 3.05) is 0 Å². The van der Waals surface area contributed by atoms with E-state index < -0.39 is 0 Å². The molecule has 0 radical (unpaired) electrons. The second kappa shape index (κ2) is 10.9. The summed E-state index contributed by atoms with van der Waals surface area (Å²) in [6, 6.07) is 0. The van der Waals surface area contributed by atoms with Gasteiger partial charge in [0.15, 0.2) is 0 Å². The Labute approximate surface area is 60.1 Å². The zero-order valence-corrected chi connectivity index (χ0v) is 5.15. The van der Waals surface area contributed by atoms with Crippen LogP contribution in [0.3, 0.4) is 0 Å². The van der Waals surface area contributed by atoms with Crippen LogP contribution in [0.15, 0.2) is 0 Å². The summed E-state index contributed by atoms with van der Waals surface area (Å²) in [5.74, 6) is 0. The first-order chi connectivity index (χ1) is 3.31. The van der Waals surface area contributed by atoms with Gasteiger partial charge in [-0.3, -0.25) is 0 Å². The maximum Gasteiger partial charge on any atom is 0.0537 e. The summed E-state index contributed by atoms with van der Waals surface area (Å²) in [6.07, 6.45) is 2.89. The minimum atomic E-state index is -0.0509. The lowest BCUT2D eigenvalue weighted by Crippen LogP contribution is -2.01. The Balaban J connectivity index is -0.000000180. The molecule has 1 N–H and O–H groups in total. The lowest BCUT2D eigenvalue weighted by atomic mass is 10.2. The fourth-order valence-corrected chi connectivity index (χ4v) is 0.537. The normalized spacial score (nSPS) is 11.0. The summed E-state index contributed by atoms with van der Waals surface area (Å²) >= 11 is 0. The highest BCUT2D eigenvalue weighted by molar-refractivity contribution is 4.47. The molecule has 0 aromatic heterocycles. The van der Waals surface area contributed by atoms with E-state index in [9.17, 15) is 0 Å². The molecule has 0 saturated heterocycles. The molecule has 9 heavy (non-hydrogen) atoms. The van der Waals surface area contributed by atoms with Crippen LogP contribution in [-0.2, 0) is 0 Å². The van der Waals surface area contributed by atoms with Crippen molar-refractivity contribution in [1.82, 2.24) is 0 Å². The zero-order valence-electron chi connectivity index (χ0n) is 5.15. The molecule has 0 aliphatic heterocycles. The first-order valence-corrected chi connectivity index (χ1v) is 2.99. The van der Waals surface area contributed by atoms with Crippen molar-refractivity contribution < 1.29 is 5.11 Å². The van der Waals surface area contributed by atoms with Crippen LogP contribution in [-0.4, -0.2) is 11.2 Å². The van der Waals surface area contributed by atoms with Crippen LogP contribution < -0.4 is 0 Å². The summed E-state index contributed by atoms with van der Waals surface area (Å²) in [7, 11) is 0. The van der Waals surface area contributed by atoms with Gasteiger partial charge in [-0.15, -0.1) is 0 Å². The summed E-state index contributed by atoms with van der Waals surface area (Å²) in [6.45, 7) is 4.08. The first-order valence-electron chi connectivity index (χ1n) is 2.99. The average Bonchev–Trinajstić information content (AvgIpc) is 1.68. The van der Waals surface area contributed by atoms with Crippen molar-refractivity contribution >= 4 is 0 Å². The fourth-order valence-electron chi connectivity index (χ4n) is 0.537. The molecule has 60 valence electrons. The van der Waals surface area contributed by atoms with E-state index in [1.165, 1.54) is 0 Å². The quantitative estimate of drug-likeness (QED) is 0.629. The van der Waals surface area contributed by atoms with Gasteiger partial charge in [0.25, 0.3) is 0 Å². The fraction of sp³-hybridized carbons (Fsp3) is 1.00. The number of hydrogen-bond donors (Lipinski definition) is 1. The third-order valence-corrected chi connectivity index (χ3v) is 1.09. The first kappa shape index (κ1) is 16.0. The Morgan fingerprint density at radius 1 is 1.22 bits per heavy atom. The van der Waals surface area contributed by atoms with Gasteiger partial charge < -0.3 is 5.11 Å². The van der Waals surface area contributed by atoms with Gasteiger partial charge in [-0.1, -0.05) is 35.1 Å². The Hall–Kier alpha value is -0.0400. The van der Waals surface area contributed by atoms with E-state index in [-0.39, 0.29) is 21.0 Å². The zero-order chi connectivity index (χ0) is 5.70. The number of aliphatic hydroxyl groups excluding tert-OH is 1. The summed E-state index contributed by atoms with van der Waals surface area (Å²) in [5.41, 5.74) is 0. The highest BCUT2D eigenvalue weighted by atomic mass is 16.3. The molecule has 0 aliphatic carbocycles. The van der Waals surface area contributed by atoms with Crippen molar-refractivity contribution in [1.29, 1.82) is 0 Å². The molecule has 0 aromatic rings. The van der Waals surface area contributed by atoms with Crippen LogP contribution >= 0.6 is 0 Å². The van der Waals surface area contributed by atoms with Crippen LogP contribution in [0.5, 0.6) is 0 Å². The van der Waals surface area contributed by atoms with Crippen molar-refractivity contribution in [3.63, 3.8) is 0 Å². The van der Waals surface area contributed by atoms with Crippen molar-refractivity contribution in [2.45, 2.75) is 54.1 Å². The molecule has 1 unspecified atom stereocenters. The summed E-state index contributed by atoms with van der Waals surface area (Å²) in [5, 5.41) is 8.86. The third kappa shape index (κ3) is 11.5. The molecule has 0 fully saturated rings. The maximum atomic E-state index is 8.86. The lowest BCUT2D eigenvalue weighted by Gasteiger charge is -2.01. The van der Waals surface area contributed by atoms with Crippen molar-refractivity contribution in [2.24, 2.45) is 0 Å². The lowest BCUT2D eigenvalue weighted by molar-refractivity contribution is 0.159. The molecule has 1 atom stereocenters. The van der Waals surface area contributed by atoms with Gasteiger partial charge in [0.05, 0.1) is 6.10 Å². The standard InChI is InChI=1S/C6H14O.2CH4/c1-3-5-6(7)4-2;;/h6-7H,3-5H2,1-2H3;2*1H4. The molecule has 0 bridgehead atoms. The predicted octanol–water partition coefficient (Wildman–Crippen LogP) is 2.83. The Morgan fingerprint density at radius 3 is 1.78 bits per heavy atom. The SMILES string of the molecule is C.C.CCCC(O)CC. The molecular formula is C8H22O.